The smallest absolute Gasteiger partial charge is 0.143 e. The molecule has 4 heteroatoms. The molecule has 3 rings (SSSR count). The molecule has 2 unspecified atom stereocenters. The summed E-state index contributed by atoms with van der Waals surface area (Å²) >= 11 is 1.72. The van der Waals surface area contributed by atoms with Crippen molar-refractivity contribution in [3.8, 4) is 5.75 Å². The van der Waals surface area contributed by atoms with Crippen LogP contribution in [0.25, 0.3) is 0 Å². The van der Waals surface area contributed by atoms with E-state index in [-0.39, 0.29) is 11.3 Å². The van der Waals surface area contributed by atoms with Crippen LogP contribution in [0.4, 0.5) is 5.69 Å². The Morgan fingerprint density at radius 3 is 2.62 bits per heavy atom. The van der Waals surface area contributed by atoms with Crippen molar-refractivity contribution >= 4 is 23.7 Å². The number of carbonyl (C=O) groups is 1. The van der Waals surface area contributed by atoms with Gasteiger partial charge in [-0.05, 0) is 18.2 Å². The van der Waals surface area contributed by atoms with Crippen molar-refractivity contribution in [3.05, 3.63) is 54.1 Å². The first-order valence-corrected chi connectivity index (χ1v) is 7.71. The highest BCUT2D eigenvalue weighted by molar-refractivity contribution is 7.99. The summed E-state index contributed by atoms with van der Waals surface area (Å²) in [6, 6.07) is 15.9. The van der Waals surface area contributed by atoms with E-state index in [9.17, 15) is 4.79 Å². The number of carbonyl (C=O) groups excluding carboxylic acids is 1. The number of aldehydes is 1. The Morgan fingerprint density at radius 1 is 1.14 bits per heavy atom. The molecular weight excluding hydrogens is 282 g/mol. The van der Waals surface area contributed by atoms with E-state index in [1.54, 1.807) is 18.9 Å². The van der Waals surface area contributed by atoms with Gasteiger partial charge in [0, 0.05) is 17.5 Å². The highest BCUT2D eigenvalue weighted by atomic mass is 32.2. The van der Waals surface area contributed by atoms with E-state index in [2.05, 4.69) is 17.0 Å². The van der Waals surface area contributed by atoms with Gasteiger partial charge in [-0.25, -0.2) is 0 Å². The minimum absolute atomic E-state index is 0.0264. The lowest BCUT2D eigenvalue weighted by Crippen LogP contribution is -2.40. The predicted octanol–water partition coefficient (Wildman–Crippen LogP) is 3.55. The lowest BCUT2D eigenvalue weighted by atomic mass is 10.0. The average Bonchev–Trinajstić information content (AvgIpc) is 2.54. The Balaban J connectivity index is 2.08. The van der Waals surface area contributed by atoms with E-state index in [4.69, 9.17) is 4.74 Å². The number of para-hydroxylation sites is 2. The molecule has 21 heavy (non-hydrogen) atoms. The van der Waals surface area contributed by atoms with E-state index in [0.29, 0.717) is 0 Å². The van der Waals surface area contributed by atoms with E-state index in [1.165, 1.54) is 4.90 Å². The van der Waals surface area contributed by atoms with Gasteiger partial charge in [0.15, 0.2) is 0 Å². The molecular formula is C17H17NO2S. The van der Waals surface area contributed by atoms with Crippen molar-refractivity contribution < 1.29 is 9.53 Å². The molecule has 0 saturated heterocycles. The van der Waals surface area contributed by atoms with Crippen molar-refractivity contribution in [2.75, 3.05) is 19.1 Å². The monoisotopic (exact) mass is 299 g/mol. The Bertz CT molecular complexity index is 659. The van der Waals surface area contributed by atoms with Crippen LogP contribution in [0, 0.1) is 0 Å². The van der Waals surface area contributed by atoms with E-state index in [0.717, 1.165) is 23.3 Å². The minimum atomic E-state index is -0.207. The SMILES string of the molecule is COc1ccccc1C1Sc2ccccc2N(C)C1C=O. The number of fused-ring (bicyclic) bond motifs is 1. The van der Waals surface area contributed by atoms with Gasteiger partial charge in [0.25, 0.3) is 0 Å². The number of methoxy groups -OCH3 is 1. The third kappa shape index (κ3) is 2.40. The Hall–Kier alpha value is -1.94. The first-order chi connectivity index (χ1) is 10.3. The number of likely N-dealkylation sites (N-methyl/N-ethyl adjacent to an activating group) is 1. The Morgan fingerprint density at radius 2 is 1.86 bits per heavy atom. The van der Waals surface area contributed by atoms with Crippen LogP contribution in [0.2, 0.25) is 0 Å². The van der Waals surface area contributed by atoms with Gasteiger partial charge in [0.05, 0.1) is 18.0 Å². The van der Waals surface area contributed by atoms with Crippen LogP contribution in [-0.4, -0.2) is 26.5 Å². The Labute approximate surface area is 128 Å². The van der Waals surface area contributed by atoms with Gasteiger partial charge in [0.2, 0.25) is 0 Å². The van der Waals surface area contributed by atoms with Crippen LogP contribution in [0.3, 0.4) is 0 Å². The fourth-order valence-corrected chi connectivity index (χ4v) is 4.20. The zero-order valence-corrected chi connectivity index (χ0v) is 12.8. The van der Waals surface area contributed by atoms with Crippen LogP contribution in [0.1, 0.15) is 10.8 Å². The van der Waals surface area contributed by atoms with Gasteiger partial charge in [-0.3, -0.25) is 0 Å². The lowest BCUT2D eigenvalue weighted by molar-refractivity contribution is -0.109. The maximum Gasteiger partial charge on any atom is 0.143 e. The second-order valence-electron chi connectivity index (χ2n) is 4.99. The summed E-state index contributed by atoms with van der Waals surface area (Å²) in [6.45, 7) is 0. The maximum atomic E-state index is 11.7. The van der Waals surface area contributed by atoms with Gasteiger partial charge in [0.1, 0.15) is 18.1 Å². The molecule has 2 atom stereocenters. The topological polar surface area (TPSA) is 29.5 Å². The normalized spacial score (nSPS) is 20.8. The molecule has 1 heterocycles. The molecule has 0 amide bonds. The van der Waals surface area contributed by atoms with Crippen LogP contribution < -0.4 is 9.64 Å². The fraction of sp³-hybridized carbons (Fsp3) is 0.235. The minimum Gasteiger partial charge on any atom is -0.496 e. The molecule has 0 aromatic heterocycles. The van der Waals surface area contributed by atoms with Gasteiger partial charge >= 0.3 is 0 Å². The van der Waals surface area contributed by atoms with Crippen molar-refractivity contribution in [3.63, 3.8) is 0 Å². The van der Waals surface area contributed by atoms with Gasteiger partial charge < -0.3 is 14.4 Å². The molecule has 0 saturated carbocycles. The first-order valence-electron chi connectivity index (χ1n) is 6.83. The van der Waals surface area contributed by atoms with Gasteiger partial charge in [-0.15, -0.1) is 11.8 Å². The second kappa shape index (κ2) is 5.82. The highest BCUT2D eigenvalue weighted by Gasteiger charge is 2.35. The predicted molar refractivity (Wildman–Crippen MR) is 86.3 cm³/mol. The number of hydrogen-bond donors (Lipinski definition) is 0. The van der Waals surface area contributed by atoms with E-state index >= 15 is 0 Å². The molecule has 0 aliphatic carbocycles. The van der Waals surface area contributed by atoms with Crippen molar-refractivity contribution in [2.24, 2.45) is 0 Å². The number of anilines is 1. The standard InChI is InChI=1S/C17H17NO2S/c1-18-13-8-4-6-10-16(13)21-17(14(18)11-19)12-7-3-5-9-15(12)20-2/h3-11,14,17H,1-2H3. The summed E-state index contributed by atoms with van der Waals surface area (Å²) < 4.78 is 5.47. The molecule has 1 aliphatic heterocycles. The van der Waals surface area contributed by atoms with Gasteiger partial charge in [-0.2, -0.15) is 0 Å². The number of thioether (sulfide) groups is 1. The third-order valence-corrected chi connectivity index (χ3v) is 5.23. The molecule has 108 valence electrons. The van der Waals surface area contributed by atoms with E-state index < -0.39 is 0 Å². The zero-order chi connectivity index (χ0) is 14.8. The Kier molecular flexibility index (Phi) is 3.88. The quantitative estimate of drug-likeness (QED) is 0.811. The molecule has 2 aromatic rings. The molecule has 0 spiro atoms. The lowest BCUT2D eigenvalue weighted by Gasteiger charge is -2.38. The summed E-state index contributed by atoms with van der Waals surface area (Å²) in [7, 11) is 3.64. The van der Waals surface area contributed by atoms with Crippen molar-refractivity contribution in [2.45, 2.75) is 16.2 Å². The number of hydrogen-bond acceptors (Lipinski definition) is 4. The fourth-order valence-electron chi connectivity index (χ4n) is 2.73. The number of benzene rings is 2. The first kappa shape index (κ1) is 14.0. The number of rotatable bonds is 3. The van der Waals surface area contributed by atoms with Gasteiger partial charge in [-0.1, -0.05) is 30.3 Å². The van der Waals surface area contributed by atoms with Crippen LogP contribution in [0.15, 0.2) is 53.4 Å². The number of nitrogens with zero attached hydrogens (tertiary/aromatic N) is 1. The molecule has 0 radical (unpaired) electrons. The number of ether oxygens (including phenoxy) is 1. The maximum absolute atomic E-state index is 11.7. The zero-order valence-electron chi connectivity index (χ0n) is 12.0. The van der Waals surface area contributed by atoms with E-state index in [1.807, 2.05) is 43.4 Å². The van der Waals surface area contributed by atoms with Crippen LogP contribution in [-0.2, 0) is 4.79 Å². The molecule has 0 bridgehead atoms. The summed E-state index contributed by atoms with van der Waals surface area (Å²) in [5.41, 5.74) is 2.16. The van der Waals surface area contributed by atoms with Crippen LogP contribution >= 0.6 is 11.8 Å². The molecule has 1 aliphatic rings. The summed E-state index contributed by atoms with van der Waals surface area (Å²) in [5, 5.41) is 0.0264. The van der Waals surface area contributed by atoms with Crippen LogP contribution in [0.5, 0.6) is 5.75 Å². The highest BCUT2D eigenvalue weighted by Crippen LogP contribution is 2.49. The second-order valence-corrected chi connectivity index (χ2v) is 6.17. The third-order valence-electron chi connectivity index (χ3n) is 3.84. The molecule has 0 fully saturated rings. The largest absolute Gasteiger partial charge is 0.496 e. The average molecular weight is 299 g/mol. The molecule has 2 aromatic carbocycles. The summed E-state index contributed by atoms with van der Waals surface area (Å²) in [4.78, 5) is 14.9. The molecule has 3 nitrogen and oxygen atoms in total. The van der Waals surface area contributed by atoms with Crippen molar-refractivity contribution in [1.29, 1.82) is 0 Å². The molecule has 0 N–H and O–H groups in total. The summed E-state index contributed by atoms with van der Waals surface area (Å²) in [5.74, 6) is 0.828. The van der Waals surface area contributed by atoms with Crippen molar-refractivity contribution in [1.82, 2.24) is 0 Å². The summed E-state index contributed by atoms with van der Waals surface area (Å²) in [6.07, 6.45) is 1.03.